The van der Waals surface area contributed by atoms with Crippen LogP contribution in [0.15, 0.2) is 24.3 Å². The van der Waals surface area contributed by atoms with Crippen LogP contribution in [0.5, 0.6) is 0 Å². The molecular formula is C18H24N2O4. The number of carbonyl (C=O) groups is 3. The van der Waals surface area contributed by atoms with Gasteiger partial charge >= 0.3 is 5.97 Å². The maximum atomic E-state index is 11.8. The second-order valence-electron chi connectivity index (χ2n) is 6.06. The predicted molar refractivity (Wildman–Crippen MR) is 90.6 cm³/mol. The van der Waals surface area contributed by atoms with E-state index in [-0.39, 0.29) is 18.5 Å². The Hall–Kier alpha value is -2.37. The summed E-state index contributed by atoms with van der Waals surface area (Å²) in [6.07, 6.45) is 6.08. The van der Waals surface area contributed by atoms with Crippen molar-refractivity contribution < 1.29 is 19.1 Å². The van der Waals surface area contributed by atoms with Gasteiger partial charge in [0.1, 0.15) is 0 Å². The molecule has 6 heteroatoms. The molecule has 1 aromatic rings. The van der Waals surface area contributed by atoms with Crippen LogP contribution in [0.25, 0.3) is 0 Å². The summed E-state index contributed by atoms with van der Waals surface area (Å²) in [7, 11) is 1.54. The molecule has 2 N–H and O–H groups in total. The second-order valence-corrected chi connectivity index (χ2v) is 6.06. The van der Waals surface area contributed by atoms with Gasteiger partial charge in [0.2, 0.25) is 0 Å². The van der Waals surface area contributed by atoms with Crippen molar-refractivity contribution in [2.75, 3.05) is 19.0 Å². The van der Waals surface area contributed by atoms with E-state index in [1.807, 2.05) is 0 Å². The molecule has 0 unspecified atom stereocenters. The van der Waals surface area contributed by atoms with Crippen LogP contribution in [-0.4, -0.2) is 31.4 Å². The number of ether oxygens (including phenoxy) is 1. The summed E-state index contributed by atoms with van der Waals surface area (Å²) in [4.78, 5) is 35.1. The van der Waals surface area contributed by atoms with E-state index in [1.165, 1.54) is 25.7 Å². The zero-order chi connectivity index (χ0) is 17.4. The Morgan fingerprint density at radius 2 is 1.96 bits per heavy atom. The molecule has 1 aromatic carbocycles. The van der Waals surface area contributed by atoms with Gasteiger partial charge in [-0.05, 0) is 30.5 Å². The fourth-order valence-electron chi connectivity index (χ4n) is 2.92. The molecule has 24 heavy (non-hydrogen) atoms. The number of anilines is 1. The van der Waals surface area contributed by atoms with Gasteiger partial charge in [-0.15, -0.1) is 0 Å². The van der Waals surface area contributed by atoms with Crippen molar-refractivity contribution in [1.29, 1.82) is 0 Å². The summed E-state index contributed by atoms with van der Waals surface area (Å²) in [6, 6.07) is 6.57. The van der Waals surface area contributed by atoms with Gasteiger partial charge in [0, 0.05) is 24.7 Å². The number of hydrogen-bond acceptors (Lipinski definition) is 4. The van der Waals surface area contributed by atoms with Gasteiger partial charge in [-0.25, -0.2) is 0 Å². The third-order valence-electron chi connectivity index (χ3n) is 4.23. The van der Waals surface area contributed by atoms with Crippen molar-refractivity contribution in [3.63, 3.8) is 0 Å². The smallest absolute Gasteiger partial charge is 0.306 e. The first-order valence-corrected chi connectivity index (χ1v) is 8.36. The van der Waals surface area contributed by atoms with Crippen LogP contribution in [0.1, 0.15) is 48.9 Å². The van der Waals surface area contributed by atoms with Crippen LogP contribution < -0.4 is 10.6 Å². The molecule has 0 bridgehead atoms. The molecule has 1 aliphatic rings. The lowest BCUT2D eigenvalue weighted by Crippen LogP contribution is -2.22. The molecule has 1 fully saturated rings. The van der Waals surface area contributed by atoms with Crippen molar-refractivity contribution in [2.24, 2.45) is 5.92 Å². The van der Waals surface area contributed by atoms with E-state index in [2.05, 4.69) is 10.6 Å². The fourth-order valence-corrected chi connectivity index (χ4v) is 2.92. The standard InChI is InChI=1S/C18H24N2O4/c1-19-18(23)14-7-4-8-15(11-14)20-16(21)12-24-17(22)10-9-13-5-2-3-6-13/h4,7-8,11,13H,2-3,5-6,9-10,12H2,1H3,(H,19,23)(H,20,21). The topological polar surface area (TPSA) is 84.5 Å². The van der Waals surface area contributed by atoms with Gasteiger partial charge < -0.3 is 15.4 Å². The lowest BCUT2D eigenvalue weighted by atomic mass is 10.0. The second kappa shape index (κ2) is 9.05. The molecule has 0 atom stereocenters. The number of benzene rings is 1. The Morgan fingerprint density at radius 1 is 1.21 bits per heavy atom. The fraction of sp³-hybridized carbons (Fsp3) is 0.500. The summed E-state index contributed by atoms with van der Waals surface area (Å²) in [6.45, 7) is -0.312. The number of carbonyl (C=O) groups excluding carboxylic acids is 3. The molecule has 0 aliphatic heterocycles. The Labute approximate surface area is 142 Å². The predicted octanol–water partition coefficient (Wildman–Crippen LogP) is 2.50. The van der Waals surface area contributed by atoms with Gasteiger partial charge in [-0.2, -0.15) is 0 Å². The molecule has 2 amide bonds. The third kappa shape index (κ3) is 5.68. The molecule has 1 aliphatic carbocycles. The number of nitrogens with one attached hydrogen (secondary N) is 2. The minimum atomic E-state index is -0.418. The van der Waals surface area contributed by atoms with Crippen molar-refractivity contribution in [1.82, 2.24) is 5.32 Å². The lowest BCUT2D eigenvalue weighted by molar-refractivity contribution is -0.147. The maximum absolute atomic E-state index is 11.8. The summed E-state index contributed by atoms with van der Waals surface area (Å²) in [5.74, 6) is -0.363. The monoisotopic (exact) mass is 332 g/mol. The Kier molecular flexibility index (Phi) is 6.78. The third-order valence-corrected chi connectivity index (χ3v) is 4.23. The van der Waals surface area contributed by atoms with Gasteiger partial charge in [-0.1, -0.05) is 31.7 Å². The molecule has 2 rings (SSSR count). The summed E-state index contributed by atoms with van der Waals surface area (Å²) < 4.78 is 5.00. The zero-order valence-electron chi connectivity index (χ0n) is 14.0. The maximum Gasteiger partial charge on any atom is 0.306 e. The van der Waals surface area contributed by atoms with Crippen LogP contribution in [0.4, 0.5) is 5.69 Å². The Bertz CT molecular complexity index is 594. The lowest BCUT2D eigenvalue weighted by Gasteiger charge is -2.09. The van der Waals surface area contributed by atoms with E-state index in [4.69, 9.17) is 4.74 Å². The highest BCUT2D eigenvalue weighted by atomic mass is 16.5. The minimum Gasteiger partial charge on any atom is -0.456 e. The van der Waals surface area contributed by atoms with Crippen LogP contribution in [0.2, 0.25) is 0 Å². The normalized spacial score (nSPS) is 14.2. The molecular weight excluding hydrogens is 308 g/mol. The van der Waals surface area contributed by atoms with Crippen LogP contribution in [0, 0.1) is 5.92 Å². The number of hydrogen-bond donors (Lipinski definition) is 2. The average Bonchev–Trinajstić information content (AvgIpc) is 3.11. The quantitative estimate of drug-likeness (QED) is 0.751. The highest BCUT2D eigenvalue weighted by Gasteiger charge is 2.17. The zero-order valence-corrected chi connectivity index (χ0v) is 14.0. The summed E-state index contributed by atoms with van der Waals surface area (Å²) in [5, 5.41) is 5.14. The first kappa shape index (κ1) is 18.0. The van der Waals surface area contributed by atoms with E-state index in [1.54, 1.807) is 31.3 Å². The number of amides is 2. The van der Waals surface area contributed by atoms with E-state index in [0.717, 1.165) is 6.42 Å². The first-order valence-electron chi connectivity index (χ1n) is 8.36. The van der Waals surface area contributed by atoms with Crippen LogP contribution in [0.3, 0.4) is 0 Å². The van der Waals surface area contributed by atoms with Gasteiger partial charge in [0.05, 0.1) is 0 Å². The number of esters is 1. The molecule has 0 aromatic heterocycles. The van der Waals surface area contributed by atoms with E-state index in [9.17, 15) is 14.4 Å². The summed E-state index contributed by atoms with van der Waals surface area (Å²) in [5.41, 5.74) is 0.937. The van der Waals surface area contributed by atoms with Gasteiger partial charge in [-0.3, -0.25) is 14.4 Å². The average molecular weight is 332 g/mol. The molecule has 6 nitrogen and oxygen atoms in total. The van der Waals surface area contributed by atoms with Crippen molar-refractivity contribution in [3.05, 3.63) is 29.8 Å². The molecule has 0 saturated heterocycles. The van der Waals surface area contributed by atoms with Crippen LogP contribution >= 0.6 is 0 Å². The molecule has 130 valence electrons. The minimum absolute atomic E-state index is 0.232. The molecule has 0 heterocycles. The highest BCUT2D eigenvalue weighted by molar-refractivity contribution is 5.97. The largest absolute Gasteiger partial charge is 0.456 e. The highest BCUT2D eigenvalue weighted by Crippen LogP contribution is 2.28. The number of rotatable bonds is 7. The van der Waals surface area contributed by atoms with E-state index < -0.39 is 5.91 Å². The Balaban J connectivity index is 1.72. The van der Waals surface area contributed by atoms with Crippen LogP contribution in [-0.2, 0) is 14.3 Å². The van der Waals surface area contributed by atoms with Crippen molar-refractivity contribution in [3.8, 4) is 0 Å². The molecule has 0 radical (unpaired) electrons. The first-order chi connectivity index (χ1) is 11.6. The van der Waals surface area contributed by atoms with Gasteiger partial charge in [0.15, 0.2) is 6.61 Å². The summed E-state index contributed by atoms with van der Waals surface area (Å²) >= 11 is 0. The van der Waals surface area contributed by atoms with Crippen molar-refractivity contribution in [2.45, 2.75) is 38.5 Å². The SMILES string of the molecule is CNC(=O)c1cccc(NC(=O)COC(=O)CCC2CCCC2)c1. The molecule has 0 spiro atoms. The van der Waals surface area contributed by atoms with E-state index in [0.29, 0.717) is 23.6 Å². The van der Waals surface area contributed by atoms with Gasteiger partial charge in [0.25, 0.3) is 11.8 Å². The molecule has 1 saturated carbocycles. The van der Waals surface area contributed by atoms with Crippen molar-refractivity contribution >= 4 is 23.5 Å². The Morgan fingerprint density at radius 3 is 2.67 bits per heavy atom. The van der Waals surface area contributed by atoms with E-state index >= 15 is 0 Å².